The average Bonchev–Trinajstić information content (AvgIpc) is 3.17. The zero-order chi connectivity index (χ0) is 18.9. The highest BCUT2D eigenvalue weighted by Crippen LogP contribution is 2.35. The number of nitrogens with one attached hydrogen (secondary N) is 1. The van der Waals surface area contributed by atoms with E-state index >= 15 is 0 Å². The third kappa shape index (κ3) is 2.93. The fraction of sp³-hybridized carbons (Fsp3) is 0.0435. The second-order valence-electron chi connectivity index (χ2n) is 6.67. The van der Waals surface area contributed by atoms with Crippen LogP contribution in [0.5, 0.6) is 0 Å². The van der Waals surface area contributed by atoms with E-state index in [2.05, 4.69) is 21.4 Å². The van der Waals surface area contributed by atoms with E-state index in [1.165, 1.54) is 5.56 Å². The van der Waals surface area contributed by atoms with Crippen molar-refractivity contribution in [1.82, 2.24) is 9.97 Å². The number of nitrogens with two attached hydrogens (primary N) is 1. The Hall–Kier alpha value is -3.86. The number of hydrogen-bond acceptors (Lipinski definition) is 5. The summed E-state index contributed by atoms with van der Waals surface area (Å²) in [5.41, 5.74) is 10.1. The summed E-state index contributed by atoms with van der Waals surface area (Å²) < 4.78 is 6.06. The number of hydrogen-bond donors (Lipinski definition) is 2. The molecule has 0 saturated heterocycles. The van der Waals surface area contributed by atoms with Gasteiger partial charge in [0.2, 0.25) is 0 Å². The predicted molar refractivity (Wildman–Crippen MR) is 113 cm³/mol. The average molecular weight is 366 g/mol. The first-order chi connectivity index (χ1) is 13.8. The fourth-order valence-electron chi connectivity index (χ4n) is 3.39. The summed E-state index contributed by atoms with van der Waals surface area (Å²) in [6.45, 7) is 0.717. The van der Waals surface area contributed by atoms with E-state index in [0.717, 1.165) is 38.8 Å². The lowest BCUT2D eigenvalue weighted by atomic mass is 10.0. The van der Waals surface area contributed by atoms with E-state index in [1.54, 1.807) is 18.6 Å². The van der Waals surface area contributed by atoms with E-state index in [1.807, 2.05) is 54.6 Å². The summed E-state index contributed by atoms with van der Waals surface area (Å²) in [5.74, 6) is 1.29. The Morgan fingerprint density at radius 1 is 0.929 bits per heavy atom. The minimum absolute atomic E-state index is 0.510. The monoisotopic (exact) mass is 366 g/mol. The van der Waals surface area contributed by atoms with Gasteiger partial charge in [0.05, 0.1) is 0 Å². The van der Waals surface area contributed by atoms with Crippen molar-refractivity contribution in [3.8, 4) is 11.3 Å². The molecular weight excluding hydrogens is 348 g/mol. The van der Waals surface area contributed by atoms with Gasteiger partial charge in [-0.05, 0) is 53.4 Å². The molecule has 3 aromatic heterocycles. The lowest BCUT2D eigenvalue weighted by molar-refractivity contribution is 0.632. The SMILES string of the molecule is Nc1ncc(-c2cc3ccccc3o2)c2cc(NCc3ccncc3)ccc12. The van der Waals surface area contributed by atoms with Crippen LogP contribution in [0.2, 0.25) is 0 Å². The molecule has 5 aromatic rings. The van der Waals surface area contributed by atoms with Crippen LogP contribution in [0.25, 0.3) is 33.1 Å². The highest BCUT2D eigenvalue weighted by Gasteiger charge is 2.12. The van der Waals surface area contributed by atoms with Crippen molar-refractivity contribution in [2.45, 2.75) is 6.54 Å². The Labute approximate surface area is 161 Å². The molecule has 0 amide bonds. The van der Waals surface area contributed by atoms with E-state index in [9.17, 15) is 0 Å². The van der Waals surface area contributed by atoms with Gasteiger partial charge in [0.15, 0.2) is 0 Å². The molecule has 0 fully saturated rings. The first kappa shape index (κ1) is 16.3. The number of fused-ring (bicyclic) bond motifs is 2. The number of anilines is 2. The van der Waals surface area contributed by atoms with Crippen LogP contribution < -0.4 is 11.1 Å². The van der Waals surface area contributed by atoms with Crippen LogP contribution in [0.15, 0.2) is 83.7 Å². The standard InChI is InChI=1S/C23H18N4O/c24-23-18-6-5-17(26-13-15-7-9-25-10-8-15)12-19(18)20(14-27-23)22-11-16-3-1-2-4-21(16)28-22/h1-12,14,26H,13H2,(H2,24,27). The molecule has 0 radical (unpaired) electrons. The van der Waals surface area contributed by atoms with Gasteiger partial charge in [-0.1, -0.05) is 18.2 Å². The van der Waals surface area contributed by atoms with Gasteiger partial charge in [-0.2, -0.15) is 0 Å². The Balaban J connectivity index is 1.58. The maximum atomic E-state index is 6.12. The molecule has 0 aliphatic rings. The molecule has 0 aliphatic carbocycles. The molecule has 0 spiro atoms. The summed E-state index contributed by atoms with van der Waals surface area (Å²) in [6.07, 6.45) is 5.37. The van der Waals surface area contributed by atoms with Crippen molar-refractivity contribution in [3.63, 3.8) is 0 Å². The third-order valence-electron chi connectivity index (χ3n) is 4.86. The van der Waals surface area contributed by atoms with Gasteiger partial charge < -0.3 is 15.5 Å². The normalized spacial score (nSPS) is 11.1. The summed E-state index contributed by atoms with van der Waals surface area (Å²) >= 11 is 0. The summed E-state index contributed by atoms with van der Waals surface area (Å²) in [7, 11) is 0. The smallest absolute Gasteiger partial charge is 0.137 e. The molecule has 5 rings (SSSR count). The molecule has 136 valence electrons. The zero-order valence-corrected chi connectivity index (χ0v) is 15.1. The first-order valence-electron chi connectivity index (χ1n) is 9.08. The first-order valence-corrected chi connectivity index (χ1v) is 9.08. The molecule has 5 nitrogen and oxygen atoms in total. The Kier molecular flexibility index (Phi) is 3.91. The molecule has 0 atom stereocenters. The van der Waals surface area contributed by atoms with Gasteiger partial charge in [0, 0.05) is 47.2 Å². The van der Waals surface area contributed by atoms with Crippen LogP contribution in [0, 0.1) is 0 Å². The molecule has 2 aromatic carbocycles. The van der Waals surface area contributed by atoms with Crippen molar-refractivity contribution in [2.75, 3.05) is 11.1 Å². The number of rotatable bonds is 4. The van der Waals surface area contributed by atoms with Crippen molar-refractivity contribution < 1.29 is 4.42 Å². The lowest BCUT2D eigenvalue weighted by Crippen LogP contribution is -2.00. The van der Waals surface area contributed by atoms with Gasteiger partial charge in [0.25, 0.3) is 0 Å². The zero-order valence-electron chi connectivity index (χ0n) is 15.1. The molecular formula is C23H18N4O. The Morgan fingerprint density at radius 3 is 2.64 bits per heavy atom. The number of benzene rings is 2. The second kappa shape index (κ2) is 6.70. The number of para-hydroxylation sites is 1. The van der Waals surface area contributed by atoms with Gasteiger partial charge in [-0.15, -0.1) is 0 Å². The number of pyridine rings is 2. The molecule has 3 N–H and O–H groups in total. The topological polar surface area (TPSA) is 77.0 Å². The molecule has 0 aliphatic heterocycles. The summed E-state index contributed by atoms with van der Waals surface area (Å²) in [6, 6.07) is 20.1. The van der Waals surface area contributed by atoms with Crippen LogP contribution in [0.3, 0.4) is 0 Å². The number of nitrogens with zero attached hydrogens (tertiary/aromatic N) is 2. The Morgan fingerprint density at radius 2 is 1.79 bits per heavy atom. The molecule has 28 heavy (non-hydrogen) atoms. The highest BCUT2D eigenvalue weighted by molar-refractivity contribution is 6.03. The van der Waals surface area contributed by atoms with Gasteiger partial charge in [0.1, 0.15) is 17.2 Å². The van der Waals surface area contributed by atoms with Crippen LogP contribution in [0.1, 0.15) is 5.56 Å². The van der Waals surface area contributed by atoms with E-state index in [0.29, 0.717) is 12.4 Å². The second-order valence-corrected chi connectivity index (χ2v) is 6.67. The van der Waals surface area contributed by atoms with E-state index < -0.39 is 0 Å². The predicted octanol–water partition coefficient (Wildman–Crippen LogP) is 5.24. The van der Waals surface area contributed by atoms with Crippen molar-refractivity contribution >= 4 is 33.2 Å². The molecule has 3 heterocycles. The van der Waals surface area contributed by atoms with Gasteiger partial charge in [-0.25, -0.2) is 4.98 Å². The number of aromatic nitrogens is 2. The van der Waals surface area contributed by atoms with Crippen LogP contribution in [0.4, 0.5) is 11.5 Å². The number of nitrogen functional groups attached to an aromatic ring is 1. The van der Waals surface area contributed by atoms with Gasteiger partial charge in [-0.3, -0.25) is 4.98 Å². The van der Waals surface area contributed by atoms with Crippen molar-refractivity contribution in [2.24, 2.45) is 0 Å². The quantitative estimate of drug-likeness (QED) is 0.455. The van der Waals surface area contributed by atoms with Crippen LogP contribution in [-0.2, 0) is 6.54 Å². The largest absolute Gasteiger partial charge is 0.456 e. The maximum absolute atomic E-state index is 6.12. The molecule has 0 saturated carbocycles. The maximum Gasteiger partial charge on any atom is 0.137 e. The highest BCUT2D eigenvalue weighted by atomic mass is 16.3. The Bertz CT molecular complexity index is 1250. The van der Waals surface area contributed by atoms with Crippen molar-refractivity contribution in [3.05, 3.63) is 84.8 Å². The molecule has 0 unspecified atom stereocenters. The number of furan rings is 1. The minimum Gasteiger partial charge on any atom is -0.456 e. The molecule has 0 bridgehead atoms. The van der Waals surface area contributed by atoms with E-state index in [4.69, 9.17) is 10.2 Å². The van der Waals surface area contributed by atoms with E-state index in [-0.39, 0.29) is 0 Å². The van der Waals surface area contributed by atoms with Crippen LogP contribution >= 0.6 is 0 Å². The summed E-state index contributed by atoms with van der Waals surface area (Å²) in [5, 5.41) is 6.44. The molecule has 5 heteroatoms. The third-order valence-corrected chi connectivity index (χ3v) is 4.86. The fourth-order valence-corrected chi connectivity index (χ4v) is 3.39. The minimum atomic E-state index is 0.510. The summed E-state index contributed by atoms with van der Waals surface area (Å²) in [4.78, 5) is 8.42. The van der Waals surface area contributed by atoms with Gasteiger partial charge >= 0.3 is 0 Å². The lowest BCUT2D eigenvalue weighted by Gasteiger charge is -2.11. The van der Waals surface area contributed by atoms with Crippen molar-refractivity contribution in [1.29, 1.82) is 0 Å². The van der Waals surface area contributed by atoms with Crippen LogP contribution in [-0.4, -0.2) is 9.97 Å².